The van der Waals surface area contributed by atoms with Crippen LogP contribution in [0.2, 0.25) is 0 Å². The Morgan fingerprint density at radius 3 is 2.90 bits per heavy atom. The second kappa shape index (κ2) is 6.64. The van der Waals surface area contributed by atoms with E-state index >= 15 is 0 Å². The molecular formula is C12H10BrN3O4S. The van der Waals surface area contributed by atoms with Gasteiger partial charge in [-0.3, -0.25) is 20.2 Å². The predicted octanol–water partition coefficient (Wildman–Crippen LogP) is 3.46. The molecule has 0 aliphatic carbocycles. The first-order valence-electron chi connectivity index (χ1n) is 5.85. The summed E-state index contributed by atoms with van der Waals surface area (Å²) in [5.41, 5.74) is -0.151. The quantitative estimate of drug-likeness (QED) is 0.641. The van der Waals surface area contributed by atoms with Gasteiger partial charge in [-0.05, 0) is 28.9 Å². The summed E-state index contributed by atoms with van der Waals surface area (Å²) in [4.78, 5) is 26.6. The molecule has 21 heavy (non-hydrogen) atoms. The predicted molar refractivity (Wildman–Crippen MR) is 82.0 cm³/mol. The van der Waals surface area contributed by atoms with Crippen LogP contribution in [0.25, 0.3) is 0 Å². The Hall–Kier alpha value is -2.00. The molecule has 1 amide bonds. The minimum Gasteiger partial charge on any atom is -0.487 e. The maximum Gasteiger partial charge on any atom is 0.311 e. The smallest absolute Gasteiger partial charge is 0.311 e. The van der Waals surface area contributed by atoms with Gasteiger partial charge in [-0.15, -0.1) is 0 Å². The monoisotopic (exact) mass is 371 g/mol. The maximum absolute atomic E-state index is 12.2. The molecule has 2 rings (SSSR count). The lowest BCUT2D eigenvalue weighted by Crippen LogP contribution is -2.14. The highest BCUT2D eigenvalue weighted by molar-refractivity contribution is 9.11. The van der Waals surface area contributed by atoms with Gasteiger partial charge in [0.2, 0.25) is 5.75 Å². The van der Waals surface area contributed by atoms with Gasteiger partial charge in [-0.1, -0.05) is 17.4 Å². The van der Waals surface area contributed by atoms with Gasteiger partial charge in [0.25, 0.3) is 5.91 Å². The molecular weight excluding hydrogens is 362 g/mol. The average molecular weight is 372 g/mol. The number of aromatic nitrogens is 1. The third kappa shape index (κ3) is 3.56. The zero-order valence-corrected chi connectivity index (χ0v) is 13.2. The Balaban J connectivity index is 2.35. The van der Waals surface area contributed by atoms with Crippen molar-refractivity contribution in [1.82, 2.24) is 4.98 Å². The number of amides is 1. The number of nitrogens with zero attached hydrogens (tertiary/aromatic N) is 2. The van der Waals surface area contributed by atoms with E-state index in [9.17, 15) is 14.9 Å². The van der Waals surface area contributed by atoms with Crippen LogP contribution in [0.4, 0.5) is 10.8 Å². The summed E-state index contributed by atoms with van der Waals surface area (Å²) in [6, 6.07) is 4.20. The molecule has 7 nitrogen and oxygen atoms in total. The molecule has 0 aliphatic rings. The summed E-state index contributed by atoms with van der Waals surface area (Å²) < 4.78 is 6.03. The normalized spacial score (nSPS) is 10.2. The fourth-order valence-electron chi connectivity index (χ4n) is 1.62. The van der Waals surface area contributed by atoms with Gasteiger partial charge in [-0.25, -0.2) is 4.98 Å². The van der Waals surface area contributed by atoms with Crippen molar-refractivity contribution in [2.75, 3.05) is 11.9 Å². The topological polar surface area (TPSA) is 94.4 Å². The van der Waals surface area contributed by atoms with E-state index in [-0.39, 0.29) is 23.6 Å². The Labute approximate surface area is 132 Å². The van der Waals surface area contributed by atoms with E-state index in [1.54, 1.807) is 13.1 Å². The Morgan fingerprint density at radius 2 is 2.33 bits per heavy atom. The van der Waals surface area contributed by atoms with Crippen molar-refractivity contribution in [2.45, 2.75) is 6.92 Å². The number of para-hydroxylation sites is 1. The molecule has 0 saturated carbocycles. The zero-order valence-electron chi connectivity index (χ0n) is 10.8. The Kier molecular flexibility index (Phi) is 4.86. The van der Waals surface area contributed by atoms with Crippen LogP contribution >= 0.6 is 27.3 Å². The van der Waals surface area contributed by atoms with Crippen molar-refractivity contribution in [3.63, 3.8) is 0 Å². The molecule has 0 saturated heterocycles. The van der Waals surface area contributed by atoms with E-state index in [4.69, 9.17) is 4.74 Å². The number of nitrogens with one attached hydrogen (secondary N) is 1. The highest BCUT2D eigenvalue weighted by Gasteiger charge is 2.23. The number of hydrogen-bond acceptors (Lipinski definition) is 6. The van der Waals surface area contributed by atoms with E-state index in [1.165, 1.54) is 29.5 Å². The van der Waals surface area contributed by atoms with Crippen LogP contribution in [-0.4, -0.2) is 22.4 Å². The Bertz CT molecular complexity index is 689. The molecule has 0 radical (unpaired) electrons. The number of carbonyl (C=O) groups excluding carboxylic acids is 1. The lowest BCUT2D eigenvalue weighted by atomic mass is 10.1. The minimum atomic E-state index is -0.582. The lowest BCUT2D eigenvalue weighted by molar-refractivity contribution is -0.385. The summed E-state index contributed by atoms with van der Waals surface area (Å²) in [7, 11) is 0. The van der Waals surface area contributed by atoms with Gasteiger partial charge >= 0.3 is 5.69 Å². The number of anilines is 1. The van der Waals surface area contributed by atoms with Crippen LogP contribution in [0, 0.1) is 10.1 Å². The van der Waals surface area contributed by atoms with Crippen LogP contribution in [0.3, 0.4) is 0 Å². The molecule has 0 atom stereocenters. The van der Waals surface area contributed by atoms with Crippen molar-refractivity contribution < 1.29 is 14.5 Å². The van der Waals surface area contributed by atoms with Gasteiger partial charge in [0.05, 0.1) is 27.1 Å². The van der Waals surface area contributed by atoms with Gasteiger partial charge in [-0.2, -0.15) is 0 Å². The number of hydrogen-bond donors (Lipinski definition) is 1. The van der Waals surface area contributed by atoms with Gasteiger partial charge < -0.3 is 4.74 Å². The first-order chi connectivity index (χ1) is 10.0. The van der Waals surface area contributed by atoms with E-state index in [0.29, 0.717) is 5.13 Å². The zero-order chi connectivity index (χ0) is 15.4. The molecule has 0 unspecified atom stereocenters. The number of rotatable bonds is 5. The van der Waals surface area contributed by atoms with Crippen LogP contribution in [-0.2, 0) is 0 Å². The summed E-state index contributed by atoms with van der Waals surface area (Å²) in [6.07, 6.45) is 1.55. The van der Waals surface area contributed by atoms with E-state index in [0.717, 1.165) is 3.79 Å². The Morgan fingerprint density at radius 1 is 1.57 bits per heavy atom. The van der Waals surface area contributed by atoms with Gasteiger partial charge in [0, 0.05) is 6.07 Å². The lowest BCUT2D eigenvalue weighted by Gasteiger charge is -2.09. The third-order valence-electron chi connectivity index (χ3n) is 2.42. The largest absolute Gasteiger partial charge is 0.487 e. The number of thiazole rings is 1. The molecule has 9 heteroatoms. The van der Waals surface area contributed by atoms with E-state index < -0.39 is 10.8 Å². The molecule has 1 aromatic heterocycles. The van der Waals surface area contributed by atoms with Crippen molar-refractivity contribution in [3.8, 4) is 5.75 Å². The maximum atomic E-state index is 12.2. The van der Waals surface area contributed by atoms with Crippen LogP contribution in [0.5, 0.6) is 5.75 Å². The molecule has 0 bridgehead atoms. The molecule has 1 heterocycles. The number of nitro benzene ring substituents is 1. The number of carbonyl (C=O) groups is 1. The van der Waals surface area contributed by atoms with Crippen molar-refractivity contribution in [3.05, 3.63) is 43.9 Å². The van der Waals surface area contributed by atoms with Crippen LogP contribution in [0.15, 0.2) is 28.2 Å². The first kappa shape index (κ1) is 15.4. The average Bonchev–Trinajstić information content (AvgIpc) is 2.84. The second-order valence-corrected chi connectivity index (χ2v) is 6.18. The summed E-state index contributed by atoms with van der Waals surface area (Å²) >= 11 is 4.48. The third-order valence-corrected chi connectivity index (χ3v) is 3.81. The summed E-state index contributed by atoms with van der Waals surface area (Å²) in [6.45, 7) is 1.91. The van der Waals surface area contributed by atoms with Crippen molar-refractivity contribution >= 4 is 44.0 Å². The summed E-state index contributed by atoms with van der Waals surface area (Å²) in [5.74, 6) is -0.554. The number of ether oxygens (including phenoxy) is 1. The van der Waals surface area contributed by atoms with Gasteiger partial charge in [0.15, 0.2) is 5.13 Å². The highest BCUT2D eigenvalue weighted by Crippen LogP contribution is 2.32. The fraction of sp³-hybridized carbons (Fsp3) is 0.167. The van der Waals surface area contributed by atoms with Crippen molar-refractivity contribution in [2.24, 2.45) is 0 Å². The van der Waals surface area contributed by atoms with E-state index in [2.05, 4.69) is 26.2 Å². The molecule has 0 spiro atoms. The van der Waals surface area contributed by atoms with Crippen LogP contribution < -0.4 is 10.1 Å². The number of nitro groups is 1. The van der Waals surface area contributed by atoms with Gasteiger partial charge in [0.1, 0.15) is 0 Å². The standard InChI is InChI=1S/C12H10BrN3O4S/c1-2-20-10-7(4-3-5-8(10)16(18)19)11(17)15-12-14-6-9(13)21-12/h3-6H,2H2,1H3,(H,14,15,17). The number of halogens is 1. The molecule has 1 aromatic carbocycles. The molecule has 0 aliphatic heterocycles. The number of benzene rings is 1. The second-order valence-electron chi connectivity index (χ2n) is 3.77. The molecule has 1 N–H and O–H groups in total. The fourth-order valence-corrected chi connectivity index (χ4v) is 2.72. The SMILES string of the molecule is CCOc1c(C(=O)Nc2ncc(Br)s2)cccc1[N+](=O)[O-]. The molecule has 2 aromatic rings. The minimum absolute atomic E-state index is 0.0434. The summed E-state index contributed by atoms with van der Waals surface area (Å²) in [5, 5.41) is 14.0. The molecule has 110 valence electrons. The van der Waals surface area contributed by atoms with E-state index in [1.807, 2.05) is 0 Å². The molecule has 0 fully saturated rings. The highest BCUT2D eigenvalue weighted by atomic mass is 79.9. The van der Waals surface area contributed by atoms with Crippen molar-refractivity contribution in [1.29, 1.82) is 0 Å². The first-order valence-corrected chi connectivity index (χ1v) is 7.46. The van der Waals surface area contributed by atoms with Crippen LogP contribution in [0.1, 0.15) is 17.3 Å².